The lowest BCUT2D eigenvalue weighted by Crippen LogP contribution is -1.74. The monoisotopic (exact) mass is 116 g/mol. The molecule has 1 N–H and O–H groups in total. The van der Waals surface area contributed by atoms with Crippen molar-refractivity contribution in [2.24, 2.45) is 0 Å². The fourth-order valence-corrected chi connectivity index (χ4v) is 0.807. The Labute approximate surface area is 44.9 Å². The maximum atomic E-state index is 7.94. The zero-order valence-corrected chi connectivity index (χ0v) is 4.31. The van der Waals surface area contributed by atoms with Gasteiger partial charge in [0.15, 0.2) is 0 Å². The molecule has 0 aliphatic heterocycles. The normalized spacial score (nSPS) is 8.71. The van der Waals surface area contributed by atoms with Crippen molar-refractivity contribution in [1.29, 1.82) is 0 Å². The van der Waals surface area contributed by atoms with E-state index in [9.17, 15) is 0 Å². The highest BCUT2D eigenvalue weighted by Crippen LogP contribution is 2.16. The Kier molecular flexibility index (Phi) is 1.29. The molecule has 7 heavy (non-hydrogen) atoms. The molecule has 0 amide bonds. The Morgan fingerprint density at radius 3 is 2.86 bits per heavy atom. The highest BCUT2D eigenvalue weighted by atomic mass is 32.1. The minimum Gasteiger partial charge on any atom is -0.329 e. The van der Waals surface area contributed by atoms with Gasteiger partial charge in [-0.3, -0.25) is 0 Å². The van der Waals surface area contributed by atoms with Gasteiger partial charge in [0.05, 0.1) is 0 Å². The van der Waals surface area contributed by atoms with Crippen molar-refractivity contribution in [2.75, 3.05) is 0 Å². The predicted octanol–water partition coefficient (Wildman–Crippen LogP) is 1.60. The molecule has 0 bridgehead atoms. The fourth-order valence-electron chi connectivity index (χ4n) is 0.315. The number of thiophene rings is 1. The van der Waals surface area contributed by atoms with Gasteiger partial charge >= 0.3 is 0 Å². The molecule has 0 fully saturated rings. The van der Waals surface area contributed by atoms with Crippen molar-refractivity contribution in [3.05, 3.63) is 17.5 Å². The highest BCUT2D eigenvalue weighted by molar-refractivity contribution is 7.11. The van der Waals surface area contributed by atoms with Gasteiger partial charge in [-0.05, 0) is 17.5 Å². The van der Waals surface area contributed by atoms with E-state index in [0.29, 0.717) is 5.06 Å². The Morgan fingerprint density at radius 2 is 2.57 bits per heavy atom. The Bertz CT molecular complexity index is 124. The highest BCUT2D eigenvalue weighted by Gasteiger charge is 1.86. The van der Waals surface area contributed by atoms with E-state index in [0.717, 1.165) is 0 Å². The summed E-state index contributed by atoms with van der Waals surface area (Å²) in [5.41, 5.74) is 0. The van der Waals surface area contributed by atoms with E-state index >= 15 is 0 Å². The van der Waals surface area contributed by atoms with Gasteiger partial charge in [0.25, 0.3) is 0 Å². The summed E-state index contributed by atoms with van der Waals surface area (Å²) >= 11 is 1.35. The SMILES string of the molecule is OOc1cccs1. The molecular weight excluding hydrogens is 112 g/mol. The number of hydrogen-bond donors (Lipinski definition) is 1. The summed E-state index contributed by atoms with van der Waals surface area (Å²) in [7, 11) is 0. The molecule has 0 spiro atoms. The second kappa shape index (κ2) is 1.95. The summed E-state index contributed by atoms with van der Waals surface area (Å²) < 4.78 is 0. The smallest absolute Gasteiger partial charge is 0.218 e. The zero-order valence-electron chi connectivity index (χ0n) is 3.50. The van der Waals surface area contributed by atoms with Crippen LogP contribution in [0.25, 0.3) is 0 Å². The molecule has 0 saturated heterocycles. The quantitative estimate of drug-likeness (QED) is 0.446. The van der Waals surface area contributed by atoms with Crippen LogP contribution in [0.15, 0.2) is 17.5 Å². The van der Waals surface area contributed by atoms with Gasteiger partial charge in [-0.1, -0.05) is 0 Å². The summed E-state index contributed by atoms with van der Waals surface area (Å²) in [5, 5.41) is 10.3. The number of hydrogen-bond acceptors (Lipinski definition) is 3. The topological polar surface area (TPSA) is 29.5 Å². The fraction of sp³-hybridized carbons (Fsp3) is 0. The molecule has 2 nitrogen and oxygen atoms in total. The van der Waals surface area contributed by atoms with Gasteiger partial charge in [-0.25, -0.2) is 5.26 Å². The van der Waals surface area contributed by atoms with Crippen LogP contribution in [-0.2, 0) is 0 Å². The molecule has 1 aromatic rings. The van der Waals surface area contributed by atoms with Crippen molar-refractivity contribution < 1.29 is 10.1 Å². The second-order valence-electron chi connectivity index (χ2n) is 1.02. The van der Waals surface area contributed by atoms with Crippen LogP contribution in [0.2, 0.25) is 0 Å². The van der Waals surface area contributed by atoms with Gasteiger partial charge < -0.3 is 4.89 Å². The minimum atomic E-state index is 0.528. The molecule has 0 atom stereocenters. The average Bonchev–Trinajstić information content (AvgIpc) is 2.14. The maximum absolute atomic E-state index is 7.94. The molecule has 0 aliphatic rings. The predicted molar refractivity (Wildman–Crippen MR) is 27.6 cm³/mol. The van der Waals surface area contributed by atoms with E-state index in [2.05, 4.69) is 4.89 Å². The summed E-state index contributed by atoms with van der Waals surface area (Å²) in [4.78, 5) is 3.87. The maximum Gasteiger partial charge on any atom is 0.218 e. The van der Waals surface area contributed by atoms with Gasteiger partial charge in [-0.15, -0.1) is 11.3 Å². The molecule has 1 heterocycles. The first kappa shape index (κ1) is 4.61. The molecule has 38 valence electrons. The minimum absolute atomic E-state index is 0.528. The summed E-state index contributed by atoms with van der Waals surface area (Å²) in [6.07, 6.45) is 0. The van der Waals surface area contributed by atoms with Crippen LogP contribution in [0.4, 0.5) is 0 Å². The summed E-state index contributed by atoms with van der Waals surface area (Å²) in [6, 6.07) is 3.49. The van der Waals surface area contributed by atoms with E-state index in [1.165, 1.54) is 11.3 Å². The second-order valence-corrected chi connectivity index (χ2v) is 1.93. The Balaban J connectivity index is 2.76. The Hall–Kier alpha value is -0.540. The van der Waals surface area contributed by atoms with Crippen LogP contribution >= 0.6 is 11.3 Å². The van der Waals surface area contributed by atoms with E-state index in [1.54, 1.807) is 12.1 Å². The third-order valence-electron chi connectivity index (χ3n) is 0.585. The third-order valence-corrected chi connectivity index (χ3v) is 1.32. The molecule has 1 rings (SSSR count). The summed E-state index contributed by atoms with van der Waals surface area (Å²) in [5.74, 6) is 0. The first-order valence-electron chi connectivity index (χ1n) is 1.78. The van der Waals surface area contributed by atoms with Gasteiger partial charge in [-0.2, -0.15) is 0 Å². The molecule has 1 aromatic heterocycles. The third kappa shape index (κ3) is 0.913. The molecule has 0 unspecified atom stereocenters. The standard InChI is InChI=1S/C4H4O2S/c5-6-4-2-1-3-7-4/h1-3,5H. The van der Waals surface area contributed by atoms with Crippen LogP contribution in [-0.4, -0.2) is 5.26 Å². The van der Waals surface area contributed by atoms with Crippen LogP contribution in [0, 0.1) is 0 Å². The van der Waals surface area contributed by atoms with E-state index < -0.39 is 0 Å². The molecule has 0 saturated carbocycles. The lowest BCUT2D eigenvalue weighted by Gasteiger charge is -1.82. The average molecular weight is 116 g/mol. The lowest BCUT2D eigenvalue weighted by atomic mass is 10.7. The van der Waals surface area contributed by atoms with E-state index in [-0.39, 0.29) is 0 Å². The van der Waals surface area contributed by atoms with Crippen LogP contribution in [0.1, 0.15) is 0 Å². The van der Waals surface area contributed by atoms with Crippen molar-refractivity contribution in [2.45, 2.75) is 0 Å². The largest absolute Gasteiger partial charge is 0.329 e. The van der Waals surface area contributed by atoms with Gasteiger partial charge in [0.1, 0.15) is 0 Å². The first-order chi connectivity index (χ1) is 3.43. The Morgan fingerprint density at radius 1 is 1.71 bits per heavy atom. The van der Waals surface area contributed by atoms with E-state index in [4.69, 9.17) is 5.26 Å². The zero-order chi connectivity index (χ0) is 5.11. The molecule has 3 heteroatoms. The lowest BCUT2D eigenvalue weighted by molar-refractivity contribution is -0.133. The van der Waals surface area contributed by atoms with Crippen molar-refractivity contribution in [3.63, 3.8) is 0 Å². The number of rotatable bonds is 1. The molecule has 0 radical (unpaired) electrons. The summed E-state index contributed by atoms with van der Waals surface area (Å²) in [6.45, 7) is 0. The molecule has 0 aromatic carbocycles. The van der Waals surface area contributed by atoms with Crippen LogP contribution in [0.3, 0.4) is 0 Å². The van der Waals surface area contributed by atoms with Crippen molar-refractivity contribution in [1.82, 2.24) is 0 Å². The molecular formula is C4H4O2S. The van der Waals surface area contributed by atoms with Gasteiger partial charge in [0, 0.05) is 0 Å². The van der Waals surface area contributed by atoms with Crippen molar-refractivity contribution in [3.8, 4) is 5.06 Å². The molecule has 0 aliphatic carbocycles. The van der Waals surface area contributed by atoms with Crippen molar-refractivity contribution >= 4 is 11.3 Å². The van der Waals surface area contributed by atoms with E-state index in [1.807, 2.05) is 5.38 Å². The van der Waals surface area contributed by atoms with Crippen LogP contribution < -0.4 is 4.89 Å². The van der Waals surface area contributed by atoms with Gasteiger partial charge in [0.2, 0.25) is 5.06 Å². The first-order valence-corrected chi connectivity index (χ1v) is 2.66. The van der Waals surface area contributed by atoms with Crippen LogP contribution in [0.5, 0.6) is 5.06 Å².